The highest BCUT2D eigenvalue weighted by Gasteiger charge is 2.51. The van der Waals surface area contributed by atoms with Crippen molar-refractivity contribution in [2.24, 2.45) is 0 Å². The van der Waals surface area contributed by atoms with Crippen molar-refractivity contribution in [3.8, 4) is 11.5 Å². The third-order valence-corrected chi connectivity index (χ3v) is 7.52. The fourth-order valence-corrected chi connectivity index (χ4v) is 4.94. The number of carbonyl (C=O) groups is 4. The molecule has 0 aromatic heterocycles. The predicted molar refractivity (Wildman–Crippen MR) is 182 cm³/mol. The van der Waals surface area contributed by atoms with Crippen molar-refractivity contribution in [2.45, 2.75) is 50.1 Å². The van der Waals surface area contributed by atoms with Crippen LogP contribution in [0.25, 0.3) is 12.2 Å². The Kier molecular flexibility index (Phi) is 15.3. The summed E-state index contributed by atoms with van der Waals surface area (Å²) in [6.07, 6.45) is 8.64. The van der Waals surface area contributed by atoms with Gasteiger partial charge < -0.3 is 37.9 Å². The molecule has 50 heavy (non-hydrogen) atoms. The largest absolute Gasteiger partial charge is 0.494 e. The third kappa shape index (κ3) is 12.7. The van der Waals surface area contributed by atoms with Gasteiger partial charge in [-0.15, -0.1) is 0 Å². The van der Waals surface area contributed by atoms with E-state index in [9.17, 15) is 19.2 Å². The number of carbonyl (C=O) groups excluding carboxylic acids is 4. The normalized spacial score (nSPS) is 19.4. The molecule has 2 heterocycles. The molecular formula is C38H42O12. The summed E-state index contributed by atoms with van der Waals surface area (Å²) >= 11 is 0. The number of fused-ring (bicyclic) bond motifs is 1. The van der Waals surface area contributed by atoms with Crippen molar-refractivity contribution in [1.29, 1.82) is 0 Å². The highest BCUT2D eigenvalue weighted by molar-refractivity contribution is 5.88. The minimum Gasteiger partial charge on any atom is -0.494 e. The highest BCUT2D eigenvalue weighted by atomic mass is 16.7. The zero-order chi connectivity index (χ0) is 35.6. The van der Waals surface area contributed by atoms with E-state index in [4.69, 9.17) is 37.9 Å². The average Bonchev–Trinajstić information content (AvgIpc) is 3.72. The van der Waals surface area contributed by atoms with Crippen LogP contribution in [0.4, 0.5) is 0 Å². The van der Waals surface area contributed by atoms with Crippen LogP contribution in [-0.4, -0.2) is 87.9 Å². The Hall–Kier alpha value is -5.20. The Morgan fingerprint density at radius 2 is 0.960 bits per heavy atom. The molecule has 0 aliphatic carbocycles. The number of benzene rings is 2. The molecular weight excluding hydrogens is 648 g/mol. The topological polar surface area (TPSA) is 142 Å². The quantitative estimate of drug-likeness (QED) is 0.0815. The Bertz CT molecular complexity index is 1380. The molecule has 0 spiro atoms. The van der Waals surface area contributed by atoms with E-state index < -0.39 is 48.3 Å². The lowest BCUT2D eigenvalue weighted by Crippen LogP contribution is -2.35. The minimum absolute atomic E-state index is 0.124. The van der Waals surface area contributed by atoms with Crippen molar-refractivity contribution in [1.82, 2.24) is 0 Å². The zero-order valence-electron chi connectivity index (χ0n) is 27.8. The third-order valence-electron chi connectivity index (χ3n) is 7.52. The van der Waals surface area contributed by atoms with Gasteiger partial charge in [-0.2, -0.15) is 0 Å². The SMILES string of the molecule is C=CC(=O)OCCCCOc1ccc(/C=C/C(=O)O[C@H]2COC3C2OC[C@H]3OC(=O)/C=C/c2ccc(OCCCCOC(=O)C=C)cc2)cc1. The van der Waals surface area contributed by atoms with E-state index in [1.165, 1.54) is 12.2 Å². The Morgan fingerprint density at radius 3 is 1.34 bits per heavy atom. The lowest BCUT2D eigenvalue weighted by atomic mass is 10.1. The lowest BCUT2D eigenvalue weighted by molar-refractivity contribution is -0.149. The van der Waals surface area contributed by atoms with Gasteiger partial charge in [0.1, 0.15) is 23.7 Å². The first kappa shape index (κ1) is 37.6. The van der Waals surface area contributed by atoms with Gasteiger partial charge in [0.2, 0.25) is 0 Å². The van der Waals surface area contributed by atoms with Gasteiger partial charge in [-0.25, -0.2) is 19.2 Å². The lowest BCUT2D eigenvalue weighted by Gasteiger charge is -2.16. The maximum absolute atomic E-state index is 12.5. The molecule has 2 saturated heterocycles. The summed E-state index contributed by atoms with van der Waals surface area (Å²) in [6.45, 7) is 8.54. The molecule has 0 radical (unpaired) electrons. The van der Waals surface area contributed by atoms with E-state index in [-0.39, 0.29) is 13.2 Å². The number of esters is 4. The second-order valence-electron chi connectivity index (χ2n) is 11.2. The number of rotatable bonds is 20. The van der Waals surface area contributed by atoms with Crippen LogP contribution in [0.15, 0.2) is 86.0 Å². The van der Waals surface area contributed by atoms with Gasteiger partial charge in [-0.1, -0.05) is 37.4 Å². The van der Waals surface area contributed by atoms with Crippen molar-refractivity contribution < 1.29 is 57.1 Å². The van der Waals surface area contributed by atoms with Gasteiger partial charge in [0.25, 0.3) is 0 Å². The summed E-state index contributed by atoms with van der Waals surface area (Å²) in [5.74, 6) is -0.612. The van der Waals surface area contributed by atoms with Gasteiger partial charge >= 0.3 is 23.9 Å². The van der Waals surface area contributed by atoms with Crippen LogP contribution in [0.5, 0.6) is 11.5 Å². The van der Waals surface area contributed by atoms with Crippen LogP contribution >= 0.6 is 0 Å². The van der Waals surface area contributed by atoms with Crippen LogP contribution < -0.4 is 9.47 Å². The summed E-state index contributed by atoms with van der Waals surface area (Å²) in [5, 5.41) is 0. The summed E-state index contributed by atoms with van der Waals surface area (Å²) < 4.78 is 44.0. The van der Waals surface area contributed by atoms with Crippen molar-refractivity contribution in [3.63, 3.8) is 0 Å². The summed E-state index contributed by atoms with van der Waals surface area (Å²) in [4.78, 5) is 47.1. The Morgan fingerprint density at radius 1 is 0.580 bits per heavy atom. The van der Waals surface area contributed by atoms with E-state index in [0.29, 0.717) is 50.8 Å². The molecule has 2 aliphatic rings. The fraction of sp³-hybridized carbons (Fsp3) is 0.368. The van der Waals surface area contributed by atoms with Crippen molar-refractivity contribution >= 4 is 36.0 Å². The van der Waals surface area contributed by atoms with Gasteiger partial charge in [-0.3, -0.25) is 0 Å². The zero-order valence-corrected chi connectivity index (χ0v) is 27.8. The molecule has 12 nitrogen and oxygen atoms in total. The van der Waals surface area contributed by atoms with Crippen molar-refractivity contribution in [2.75, 3.05) is 39.6 Å². The molecule has 0 bridgehead atoms. The first-order valence-corrected chi connectivity index (χ1v) is 16.4. The van der Waals surface area contributed by atoms with Crippen molar-refractivity contribution in [3.05, 3.63) is 97.1 Å². The molecule has 12 heteroatoms. The molecule has 266 valence electrons. The Balaban J connectivity index is 1.12. The number of ether oxygens (including phenoxy) is 8. The molecule has 0 amide bonds. The molecule has 0 N–H and O–H groups in total. The van der Waals surface area contributed by atoms with Gasteiger partial charge in [0, 0.05) is 24.3 Å². The second-order valence-corrected chi connectivity index (χ2v) is 11.2. The standard InChI is InChI=1S/C38H42O12/c1-3-33(39)45-23-7-5-21-43-29-15-9-27(10-16-29)13-19-35(41)49-31-25-47-38-32(26-48-37(31)38)50-36(42)20-14-28-11-17-30(18-12-28)44-22-6-8-24-46-34(40)4-2/h3-4,9-20,31-32,37-38H,1-2,5-8,21-26H2/b19-13+,20-14+/t31-,32+,37?,38?. The molecule has 2 fully saturated rings. The molecule has 2 aromatic rings. The maximum atomic E-state index is 12.5. The average molecular weight is 691 g/mol. The summed E-state index contributed by atoms with van der Waals surface area (Å²) in [6, 6.07) is 14.4. The molecule has 4 atom stereocenters. The highest BCUT2D eigenvalue weighted by Crippen LogP contribution is 2.31. The van der Waals surface area contributed by atoms with Crippen LogP contribution in [0.2, 0.25) is 0 Å². The Labute approximate surface area is 291 Å². The van der Waals surface area contributed by atoms with Crippen LogP contribution in [0, 0.1) is 0 Å². The number of unbranched alkanes of at least 4 members (excludes halogenated alkanes) is 2. The molecule has 2 aliphatic heterocycles. The summed E-state index contributed by atoms with van der Waals surface area (Å²) in [5.41, 5.74) is 1.56. The van der Waals surface area contributed by atoms with E-state index >= 15 is 0 Å². The molecule has 4 rings (SSSR count). The van der Waals surface area contributed by atoms with Gasteiger partial charge in [-0.05, 0) is 73.2 Å². The monoisotopic (exact) mass is 690 g/mol. The number of hydrogen-bond acceptors (Lipinski definition) is 12. The van der Waals surface area contributed by atoms with Gasteiger partial charge in [0.15, 0.2) is 12.2 Å². The van der Waals surface area contributed by atoms with Crippen LogP contribution in [0.1, 0.15) is 36.8 Å². The number of hydrogen-bond donors (Lipinski definition) is 0. The van der Waals surface area contributed by atoms with Crippen LogP contribution in [0.3, 0.4) is 0 Å². The molecule has 2 aromatic carbocycles. The van der Waals surface area contributed by atoms with E-state index in [1.807, 2.05) is 24.3 Å². The predicted octanol–water partition coefficient (Wildman–Crippen LogP) is 4.81. The van der Waals surface area contributed by atoms with Crippen LogP contribution in [-0.2, 0) is 47.6 Å². The van der Waals surface area contributed by atoms with E-state index in [1.54, 1.807) is 36.4 Å². The summed E-state index contributed by atoms with van der Waals surface area (Å²) in [7, 11) is 0. The van der Waals surface area contributed by atoms with E-state index in [0.717, 1.165) is 36.1 Å². The van der Waals surface area contributed by atoms with Gasteiger partial charge in [0.05, 0.1) is 39.6 Å². The molecule has 0 saturated carbocycles. The second kappa shape index (κ2) is 20.3. The molecule has 2 unspecified atom stereocenters. The smallest absolute Gasteiger partial charge is 0.331 e. The van der Waals surface area contributed by atoms with E-state index in [2.05, 4.69) is 13.2 Å². The minimum atomic E-state index is -0.636. The first-order chi connectivity index (χ1) is 24.3. The maximum Gasteiger partial charge on any atom is 0.331 e. The first-order valence-electron chi connectivity index (χ1n) is 16.4. The fourth-order valence-electron chi connectivity index (χ4n) is 4.94.